The van der Waals surface area contributed by atoms with E-state index in [1.807, 2.05) is 0 Å². The fraction of sp³-hybridized carbons (Fsp3) is 0.292. The fourth-order valence-electron chi connectivity index (χ4n) is 3.91. The van der Waals surface area contributed by atoms with E-state index in [9.17, 15) is 18.7 Å². The van der Waals surface area contributed by atoms with Gasteiger partial charge in [0.25, 0.3) is 5.91 Å². The van der Waals surface area contributed by atoms with E-state index in [1.165, 1.54) is 18.2 Å². The quantitative estimate of drug-likeness (QED) is 0.483. The molecule has 2 heterocycles. The Morgan fingerprint density at radius 2 is 2.00 bits per heavy atom. The third kappa shape index (κ3) is 5.32. The number of hydrogen-bond donors (Lipinski definition) is 3. The van der Waals surface area contributed by atoms with Gasteiger partial charge in [-0.05, 0) is 48.7 Å². The van der Waals surface area contributed by atoms with Crippen LogP contribution in [0.15, 0.2) is 42.6 Å². The Hall–Kier alpha value is -3.14. The minimum atomic E-state index is -0.975. The van der Waals surface area contributed by atoms with Gasteiger partial charge in [0.2, 0.25) is 0 Å². The summed E-state index contributed by atoms with van der Waals surface area (Å²) in [6.07, 6.45) is 3.25. The number of ether oxygens (including phenoxy) is 1. The molecule has 7 nitrogen and oxygen atoms in total. The van der Waals surface area contributed by atoms with Crippen molar-refractivity contribution in [3.8, 4) is 11.3 Å². The van der Waals surface area contributed by atoms with E-state index in [-0.39, 0.29) is 27.9 Å². The maximum atomic E-state index is 14.9. The number of halogens is 3. The van der Waals surface area contributed by atoms with Crippen molar-refractivity contribution >= 4 is 23.3 Å². The number of benzene rings is 2. The predicted octanol–water partition coefficient (Wildman–Crippen LogP) is 4.01. The summed E-state index contributed by atoms with van der Waals surface area (Å²) in [6, 6.07) is 6.67. The Labute approximate surface area is 199 Å². The summed E-state index contributed by atoms with van der Waals surface area (Å²) in [7, 11) is 0. The molecule has 10 heteroatoms. The lowest BCUT2D eigenvalue weighted by Gasteiger charge is -2.22. The first kappa shape index (κ1) is 24.0. The summed E-state index contributed by atoms with van der Waals surface area (Å²) in [5.41, 5.74) is 7.47. The molecule has 1 amide bonds. The van der Waals surface area contributed by atoms with E-state index in [0.717, 1.165) is 36.7 Å². The number of aliphatic hydroxyl groups excluding tert-OH is 1. The minimum Gasteiger partial charge on any atom is -0.394 e. The highest BCUT2D eigenvalue weighted by Crippen LogP contribution is 2.30. The van der Waals surface area contributed by atoms with Crippen molar-refractivity contribution < 1.29 is 23.4 Å². The van der Waals surface area contributed by atoms with Crippen molar-refractivity contribution in [2.45, 2.75) is 24.8 Å². The number of nitrogen functional groups attached to an aromatic ring is 1. The molecule has 1 aromatic heterocycles. The molecule has 34 heavy (non-hydrogen) atoms. The molecule has 1 fully saturated rings. The lowest BCUT2D eigenvalue weighted by molar-refractivity contribution is 0.0844. The molecule has 0 aliphatic carbocycles. The molecule has 4 N–H and O–H groups in total. The predicted molar refractivity (Wildman–Crippen MR) is 123 cm³/mol. The van der Waals surface area contributed by atoms with Gasteiger partial charge in [-0.3, -0.25) is 4.79 Å². The van der Waals surface area contributed by atoms with Crippen LogP contribution in [0, 0.1) is 11.6 Å². The monoisotopic (exact) mass is 488 g/mol. The average Bonchev–Trinajstić information content (AvgIpc) is 2.82. The highest BCUT2D eigenvalue weighted by molar-refractivity contribution is 6.30. The summed E-state index contributed by atoms with van der Waals surface area (Å²) in [5.74, 6) is -1.87. The van der Waals surface area contributed by atoms with Gasteiger partial charge in [-0.25, -0.2) is 18.7 Å². The van der Waals surface area contributed by atoms with Crippen molar-refractivity contribution in [1.29, 1.82) is 0 Å². The topological polar surface area (TPSA) is 110 Å². The normalized spacial score (nSPS) is 15.2. The highest BCUT2D eigenvalue weighted by Gasteiger charge is 2.22. The van der Waals surface area contributed by atoms with Gasteiger partial charge in [-0.1, -0.05) is 17.7 Å². The van der Waals surface area contributed by atoms with E-state index in [4.69, 9.17) is 22.1 Å². The number of anilines is 1. The van der Waals surface area contributed by atoms with Crippen molar-refractivity contribution in [1.82, 2.24) is 15.3 Å². The zero-order valence-corrected chi connectivity index (χ0v) is 18.9. The van der Waals surface area contributed by atoms with Crippen LogP contribution in [-0.2, 0) is 4.74 Å². The molecule has 0 bridgehead atoms. The van der Waals surface area contributed by atoms with Crippen LogP contribution in [0.25, 0.3) is 11.3 Å². The molecule has 1 saturated heterocycles. The zero-order valence-electron chi connectivity index (χ0n) is 18.1. The third-order valence-corrected chi connectivity index (χ3v) is 5.94. The first-order valence-corrected chi connectivity index (χ1v) is 11.1. The van der Waals surface area contributed by atoms with Crippen LogP contribution in [0.3, 0.4) is 0 Å². The standard InChI is InChI=1S/C24H23ClF2N4O3/c25-16-7-15(8-17(26)10-16)21(12-32)31-24(33)18-2-1-14(9-19(18)27)22-23(28)29-11-20(30-22)13-3-5-34-6-4-13/h1-2,7-11,13,21,32H,3-6,12H2,(H2,28,29)(H,31,33). The van der Waals surface area contributed by atoms with Crippen LogP contribution in [0.4, 0.5) is 14.6 Å². The molecule has 0 saturated carbocycles. The van der Waals surface area contributed by atoms with Crippen molar-refractivity contribution in [3.05, 3.63) is 76.1 Å². The maximum absolute atomic E-state index is 14.9. The van der Waals surface area contributed by atoms with Crippen LogP contribution in [0.1, 0.15) is 46.4 Å². The Kier molecular flexibility index (Phi) is 7.35. The molecule has 178 valence electrons. The number of nitrogens with zero attached hydrogens (tertiary/aromatic N) is 2. The Bertz CT molecular complexity index is 1180. The second kappa shape index (κ2) is 10.4. The number of nitrogens with two attached hydrogens (primary N) is 1. The molecule has 4 rings (SSSR count). The number of amides is 1. The number of rotatable bonds is 6. The minimum absolute atomic E-state index is 0.111. The van der Waals surface area contributed by atoms with E-state index in [2.05, 4.69) is 15.3 Å². The summed E-state index contributed by atoms with van der Waals surface area (Å²) in [4.78, 5) is 21.5. The van der Waals surface area contributed by atoms with Crippen LogP contribution in [0.2, 0.25) is 5.02 Å². The molecule has 0 radical (unpaired) electrons. The molecule has 1 aliphatic rings. The zero-order chi connectivity index (χ0) is 24.2. The second-order valence-corrected chi connectivity index (χ2v) is 8.46. The Balaban J connectivity index is 1.56. The maximum Gasteiger partial charge on any atom is 0.254 e. The van der Waals surface area contributed by atoms with Gasteiger partial charge in [0.15, 0.2) is 0 Å². The Morgan fingerprint density at radius 3 is 2.68 bits per heavy atom. The molecule has 1 unspecified atom stereocenters. The summed E-state index contributed by atoms with van der Waals surface area (Å²) >= 11 is 5.86. The van der Waals surface area contributed by atoms with Gasteiger partial charge < -0.3 is 20.9 Å². The molecule has 1 aliphatic heterocycles. The van der Waals surface area contributed by atoms with Gasteiger partial charge in [0, 0.05) is 29.7 Å². The number of carbonyl (C=O) groups is 1. The second-order valence-electron chi connectivity index (χ2n) is 8.02. The van der Waals surface area contributed by atoms with Crippen LogP contribution in [-0.4, -0.2) is 40.8 Å². The first-order chi connectivity index (χ1) is 16.4. The van der Waals surface area contributed by atoms with Gasteiger partial charge >= 0.3 is 0 Å². The van der Waals surface area contributed by atoms with Crippen LogP contribution < -0.4 is 11.1 Å². The smallest absolute Gasteiger partial charge is 0.254 e. The molecular formula is C24H23ClF2N4O3. The lowest BCUT2D eigenvalue weighted by atomic mass is 9.96. The average molecular weight is 489 g/mol. The van der Waals surface area contributed by atoms with Gasteiger partial charge in [-0.15, -0.1) is 0 Å². The SMILES string of the molecule is Nc1ncc(C2CCOCC2)nc1-c1ccc(C(=O)NC(CO)c2cc(F)cc(Cl)c2)c(F)c1. The molecule has 3 aromatic rings. The summed E-state index contributed by atoms with van der Waals surface area (Å²) < 4.78 is 34.0. The molecule has 2 aromatic carbocycles. The van der Waals surface area contributed by atoms with E-state index in [0.29, 0.717) is 24.5 Å². The number of nitrogens with one attached hydrogen (secondary N) is 1. The van der Waals surface area contributed by atoms with Gasteiger partial charge in [0.1, 0.15) is 23.1 Å². The van der Waals surface area contributed by atoms with Crippen molar-refractivity contribution in [2.24, 2.45) is 0 Å². The highest BCUT2D eigenvalue weighted by atomic mass is 35.5. The van der Waals surface area contributed by atoms with E-state index < -0.39 is 30.2 Å². The molecular weight excluding hydrogens is 466 g/mol. The van der Waals surface area contributed by atoms with E-state index in [1.54, 1.807) is 6.20 Å². The van der Waals surface area contributed by atoms with Crippen LogP contribution in [0.5, 0.6) is 0 Å². The van der Waals surface area contributed by atoms with Crippen molar-refractivity contribution in [3.63, 3.8) is 0 Å². The first-order valence-electron chi connectivity index (χ1n) is 10.7. The molecule has 0 spiro atoms. The number of aliphatic hydroxyl groups is 1. The van der Waals surface area contributed by atoms with Gasteiger partial charge in [0.05, 0.1) is 30.1 Å². The van der Waals surface area contributed by atoms with E-state index >= 15 is 0 Å². The molecule has 1 atom stereocenters. The van der Waals surface area contributed by atoms with Gasteiger partial charge in [-0.2, -0.15) is 0 Å². The van der Waals surface area contributed by atoms with Crippen molar-refractivity contribution in [2.75, 3.05) is 25.6 Å². The fourth-order valence-corrected chi connectivity index (χ4v) is 4.14. The number of hydrogen-bond acceptors (Lipinski definition) is 6. The summed E-state index contributed by atoms with van der Waals surface area (Å²) in [6.45, 7) is 0.749. The lowest BCUT2D eigenvalue weighted by Crippen LogP contribution is -2.31. The van der Waals surface area contributed by atoms with Crippen LogP contribution >= 0.6 is 11.6 Å². The number of carbonyl (C=O) groups excluding carboxylic acids is 1. The largest absolute Gasteiger partial charge is 0.394 e. The third-order valence-electron chi connectivity index (χ3n) is 5.72. The Morgan fingerprint density at radius 1 is 1.24 bits per heavy atom. The summed E-state index contributed by atoms with van der Waals surface area (Å²) in [5, 5.41) is 12.3. The number of aromatic nitrogens is 2.